The van der Waals surface area contributed by atoms with E-state index in [-0.39, 0.29) is 11.9 Å². The van der Waals surface area contributed by atoms with Crippen LogP contribution in [0, 0.1) is 0 Å². The van der Waals surface area contributed by atoms with Crippen molar-refractivity contribution in [2.45, 2.75) is 38.7 Å². The van der Waals surface area contributed by atoms with E-state index in [2.05, 4.69) is 13.8 Å². The molecular formula is C16H23NO2. The second kappa shape index (κ2) is 6.31. The third-order valence-electron chi connectivity index (χ3n) is 3.75. The highest BCUT2D eigenvalue weighted by Crippen LogP contribution is 2.16. The number of ketones is 1. The lowest BCUT2D eigenvalue weighted by Crippen LogP contribution is -2.41. The summed E-state index contributed by atoms with van der Waals surface area (Å²) in [5, 5.41) is 9.61. The molecule has 0 aliphatic carbocycles. The topological polar surface area (TPSA) is 40.5 Å². The van der Waals surface area contributed by atoms with Gasteiger partial charge in [0.15, 0.2) is 5.78 Å². The molecular weight excluding hydrogens is 238 g/mol. The highest BCUT2D eigenvalue weighted by Gasteiger charge is 2.20. The summed E-state index contributed by atoms with van der Waals surface area (Å²) >= 11 is 0. The Balaban J connectivity index is 1.95. The Morgan fingerprint density at radius 1 is 1.37 bits per heavy atom. The average molecular weight is 261 g/mol. The van der Waals surface area contributed by atoms with Gasteiger partial charge in [0.05, 0.1) is 12.6 Å². The number of β-amino-alcohol motifs (C(OH)–C–C–N with tert-alkyl or cyclic N) is 1. The molecule has 104 valence electrons. The van der Waals surface area contributed by atoms with Crippen LogP contribution in [0.5, 0.6) is 0 Å². The lowest BCUT2D eigenvalue weighted by Gasteiger charge is -2.29. The zero-order chi connectivity index (χ0) is 13.8. The molecule has 0 bridgehead atoms. The standard InChI is InChI=1S/C16H23NO2/c1-12(2)13-5-7-14(8-6-13)16(19)11-17-9-3-4-15(18)10-17/h5-8,12,15,18H,3-4,9-11H2,1-2H3. The van der Waals surface area contributed by atoms with Crippen molar-refractivity contribution >= 4 is 5.78 Å². The molecule has 2 rings (SSSR count). The molecule has 1 saturated heterocycles. The smallest absolute Gasteiger partial charge is 0.176 e. The molecule has 0 saturated carbocycles. The highest BCUT2D eigenvalue weighted by molar-refractivity contribution is 5.97. The molecule has 1 fully saturated rings. The molecule has 0 aromatic heterocycles. The number of piperidine rings is 1. The number of carbonyl (C=O) groups is 1. The molecule has 1 aliphatic rings. The molecule has 1 aromatic carbocycles. The Hall–Kier alpha value is -1.19. The first-order valence-corrected chi connectivity index (χ1v) is 7.10. The second-order valence-corrected chi connectivity index (χ2v) is 5.73. The van der Waals surface area contributed by atoms with Crippen molar-refractivity contribution in [2.24, 2.45) is 0 Å². The normalized spacial score (nSPS) is 20.7. The first-order chi connectivity index (χ1) is 9.06. The molecule has 0 radical (unpaired) electrons. The van der Waals surface area contributed by atoms with Gasteiger partial charge in [0.1, 0.15) is 0 Å². The molecule has 1 atom stereocenters. The van der Waals surface area contributed by atoms with Crippen molar-refractivity contribution in [1.82, 2.24) is 4.90 Å². The second-order valence-electron chi connectivity index (χ2n) is 5.73. The van der Waals surface area contributed by atoms with Crippen molar-refractivity contribution in [2.75, 3.05) is 19.6 Å². The summed E-state index contributed by atoms with van der Waals surface area (Å²) in [6.07, 6.45) is 1.55. The quantitative estimate of drug-likeness (QED) is 0.846. The SMILES string of the molecule is CC(C)c1ccc(C(=O)CN2CCCC(O)C2)cc1. The summed E-state index contributed by atoms with van der Waals surface area (Å²) in [5.41, 5.74) is 2.02. The Morgan fingerprint density at radius 3 is 2.63 bits per heavy atom. The summed E-state index contributed by atoms with van der Waals surface area (Å²) < 4.78 is 0. The first-order valence-electron chi connectivity index (χ1n) is 7.10. The fourth-order valence-corrected chi connectivity index (χ4v) is 2.52. The Morgan fingerprint density at radius 2 is 2.05 bits per heavy atom. The van der Waals surface area contributed by atoms with Gasteiger partial charge in [-0.05, 0) is 30.9 Å². The maximum atomic E-state index is 12.2. The minimum atomic E-state index is -0.273. The maximum absolute atomic E-state index is 12.2. The minimum Gasteiger partial charge on any atom is -0.392 e. The van der Waals surface area contributed by atoms with E-state index in [1.54, 1.807) is 0 Å². The summed E-state index contributed by atoms with van der Waals surface area (Å²) in [6.45, 7) is 6.23. The van der Waals surface area contributed by atoms with E-state index in [0.717, 1.165) is 24.9 Å². The Labute approximate surface area is 115 Å². The van der Waals surface area contributed by atoms with Crippen LogP contribution >= 0.6 is 0 Å². The molecule has 1 heterocycles. The van der Waals surface area contributed by atoms with Crippen molar-refractivity contribution in [3.8, 4) is 0 Å². The summed E-state index contributed by atoms with van der Waals surface area (Å²) in [4.78, 5) is 14.2. The molecule has 1 N–H and O–H groups in total. The highest BCUT2D eigenvalue weighted by atomic mass is 16.3. The average Bonchev–Trinajstić information content (AvgIpc) is 2.39. The van der Waals surface area contributed by atoms with Crippen LogP contribution < -0.4 is 0 Å². The van der Waals surface area contributed by atoms with Gasteiger partial charge in [0.2, 0.25) is 0 Å². The molecule has 0 amide bonds. The first kappa shape index (κ1) is 14.2. The number of carbonyl (C=O) groups excluding carboxylic acids is 1. The van der Waals surface area contributed by atoms with Crippen LogP contribution in [0.3, 0.4) is 0 Å². The zero-order valence-corrected chi connectivity index (χ0v) is 11.8. The van der Waals surface area contributed by atoms with Gasteiger partial charge < -0.3 is 5.11 Å². The van der Waals surface area contributed by atoms with E-state index in [4.69, 9.17) is 0 Å². The lowest BCUT2D eigenvalue weighted by atomic mass is 10.00. The van der Waals surface area contributed by atoms with E-state index in [9.17, 15) is 9.90 Å². The third kappa shape index (κ3) is 3.88. The number of likely N-dealkylation sites (tertiary alicyclic amines) is 1. The van der Waals surface area contributed by atoms with Crippen LogP contribution in [0.4, 0.5) is 0 Å². The van der Waals surface area contributed by atoms with E-state index < -0.39 is 0 Å². The van der Waals surface area contributed by atoms with Gasteiger partial charge in [-0.3, -0.25) is 9.69 Å². The maximum Gasteiger partial charge on any atom is 0.176 e. The number of rotatable bonds is 4. The molecule has 19 heavy (non-hydrogen) atoms. The van der Waals surface area contributed by atoms with Crippen molar-refractivity contribution in [1.29, 1.82) is 0 Å². The van der Waals surface area contributed by atoms with E-state index in [0.29, 0.717) is 19.0 Å². The minimum absolute atomic E-state index is 0.143. The van der Waals surface area contributed by atoms with Gasteiger partial charge in [0, 0.05) is 12.1 Å². The molecule has 1 aromatic rings. The number of Topliss-reactive ketones (excluding diaryl/α,β-unsaturated/α-hetero) is 1. The van der Waals surface area contributed by atoms with Gasteiger partial charge in [-0.1, -0.05) is 38.1 Å². The van der Waals surface area contributed by atoms with Gasteiger partial charge in [0.25, 0.3) is 0 Å². The number of hydrogen-bond donors (Lipinski definition) is 1. The fraction of sp³-hybridized carbons (Fsp3) is 0.562. The summed E-state index contributed by atoms with van der Waals surface area (Å²) in [5.74, 6) is 0.630. The Bertz CT molecular complexity index is 425. The van der Waals surface area contributed by atoms with Crippen LogP contribution in [-0.2, 0) is 0 Å². The van der Waals surface area contributed by atoms with Crippen LogP contribution in [0.2, 0.25) is 0 Å². The third-order valence-corrected chi connectivity index (χ3v) is 3.75. The predicted octanol–water partition coefficient (Wildman–Crippen LogP) is 2.45. The molecule has 3 nitrogen and oxygen atoms in total. The zero-order valence-electron chi connectivity index (χ0n) is 11.8. The molecule has 1 aliphatic heterocycles. The van der Waals surface area contributed by atoms with Crippen LogP contribution in [0.1, 0.15) is 48.5 Å². The Kier molecular flexibility index (Phi) is 4.72. The van der Waals surface area contributed by atoms with Crippen LogP contribution in [0.15, 0.2) is 24.3 Å². The number of nitrogens with zero attached hydrogens (tertiary/aromatic N) is 1. The van der Waals surface area contributed by atoms with E-state index in [1.165, 1.54) is 5.56 Å². The van der Waals surface area contributed by atoms with Gasteiger partial charge in [-0.15, -0.1) is 0 Å². The van der Waals surface area contributed by atoms with Crippen LogP contribution in [-0.4, -0.2) is 41.5 Å². The van der Waals surface area contributed by atoms with Gasteiger partial charge >= 0.3 is 0 Å². The van der Waals surface area contributed by atoms with Crippen molar-refractivity contribution in [3.05, 3.63) is 35.4 Å². The lowest BCUT2D eigenvalue weighted by molar-refractivity contribution is 0.0634. The predicted molar refractivity (Wildman–Crippen MR) is 76.5 cm³/mol. The summed E-state index contributed by atoms with van der Waals surface area (Å²) in [6, 6.07) is 7.89. The molecule has 3 heteroatoms. The monoisotopic (exact) mass is 261 g/mol. The van der Waals surface area contributed by atoms with Crippen molar-refractivity contribution < 1.29 is 9.90 Å². The number of aliphatic hydroxyl groups excluding tert-OH is 1. The summed E-state index contributed by atoms with van der Waals surface area (Å²) in [7, 11) is 0. The fourth-order valence-electron chi connectivity index (χ4n) is 2.52. The number of aliphatic hydroxyl groups is 1. The van der Waals surface area contributed by atoms with Gasteiger partial charge in [-0.25, -0.2) is 0 Å². The van der Waals surface area contributed by atoms with E-state index in [1.807, 2.05) is 29.2 Å². The van der Waals surface area contributed by atoms with Gasteiger partial charge in [-0.2, -0.15) is 0 Å². The number of hydrogen-bond acceptors (Lipinski definition) is 3. The molecule has 1 unspecified atom stereocenters. The number of benzene rings is 1. The largest absolute Gasteiger partial charge is 0.392 e. The molecule has 0 spiro atoms. The van der Waals surface area contributed by atoms with Crippen LogP contribution in [0.25, 0.3) is 0 Å². The van der Waals surface area contributed by atoms with Crippen molar-refractivity contribution in [3.63, 3.8) is 0 Å². The van der Waals surface area contributed by atoms with E-state index >= 15 is 0 Å².